The van der Waals surface area contributed by atoms with Crippen molar-refractivity contribution >= 4 is 22.6 Å². The first kappa shape index (κ1) is 13.2. The zero-order valence-electron chi connectivity index (χ0n) is 11.8. The molecular weight excluding hydrogens is 262 g/mol. The third kappa shape index (κ3) is 2.72. The first-order chi connectivity index (χ1) is 10.1. The summed E-state index contributed by atoms with van der Waals surface area (Å²) in [6.45, 7) is 2.68. The van der Waals surface area contributed by atoms with Crippen molar-refractivity contribution in [3.8, 4) is 0 Å². The normalized spacial score (nSPS) is 10.7. The van der Waals surface area contributed by atoms with Gasteiger partial charge in [-0.3, -0.25) is 5.41 Å². The van der Waals surface area contributed by atoms with Crippen molar-refractivity contribution in [1.82, 2.24) is 9.97 Å². The van der Waals surface area contributed by atoms with Gasteiger partial charge in [0, 0.05) is 11.3 Å². The second-order valence-electron chi connectivity index (χ2n) is 5.00. The fourth-order valence-corrected chi connectivity index (χ4v) is 2.26. The highest BCUT2D eigenvalue weighted by atomic mass is 15.0. The van der Waals surface area contributed by atoms with E-state index in [1.165, 1.54) is 5.56 Å². The molecule has 0 aliphatic carbocycles. The van der Waals surface area contributed by atoms with Crippen LogP contribution in [0.5, 0.6) is 0 Å². The number of fused-ring (bicyclic) bond motifs is 1. The number of nitrogens with two attached hydrogens (primary N) is 1. The molecule has 5 heteroatoms. The molecule has 0 unspecified atom stereocenters. The van der Waals surface area contributed by atoms with E-state index in [0.717, 1.165) is 28.1 Å². The molecule has 0 saturated carbocycles. The van der Waals surface area contributed by atoms with Crippen molar-refractivity contribution < 1.29 is 0 Å². The van der Waals surface area contributed by atoms with E-state index in [1.54, 1.807) is 0 Å². The molecule has 0 saturated heterocycles. The Labute approximate surface area is 122 Å². The van der Waals surface area contributed by atoms with Crippen LogP contribution in [0.1, 0.15) is 17.0 Å². The van der Waals surface area contributed by atoms with Gasteiger partial charge in [0.2, 0.25) is 0 Å². The first-order valence-corrected chi connectivity index (χ1v) is 6.76. The second kappa shape index (κ2) is 5.28. The van der Waals surface area contributed by atoms with Gasteiger partial charge in [0.15, 0.2) is 0 Å². The van der Waals surface area contributed by atoms with Gasteiger partial charge in [-0.25, -0.2) is 4.98 Å². The molecule has 0 aliphatic heterocycles. The number of para-hydroxylation sites is 1. The number of imidazole rings is 1. The van der Waals surface area contributed by atoms with Crippen LogP contribution in [-0.2, 0) is 6.54 Å². The summed E-state index contributed by atoms with van der Waals surface area (Å²) in [6, 6.07) is 13.6. The maximum absolute atomic E-state index is 7.37. The maximum atomic E-state index is 7.37. The van der Waals surface area contributed by atoms with Crippen LogP contribution in [0.15, 0.2) is 42.5 Å². The summed E-state index contributed by atoms with van der Waals surface area (Å²) < 4.78 is 0. The van der Waals surface area contributed by atoms with Gasteiger partial charge in [-0.1, -0.05) is 12.1 Å². The van der Waals surface area contributed by atoms with E-state index in [4.69, 9.17) is 11.1 Å². The zero-order valence-corrected chi connectivity index (χ0v) is 11.8. The summed E-state index contributed by atoms with van der Waals surface area (Å²) in [5.41, 5.74) is 10.4. The second-order valence-corrected chi connectivity index (χ2v) is 5.00. The van der Waals surface area contributed by atoms with Gasteiger partial charge in [-0.2, -0.15) is 0 Å². The molecule has 5 N–H and O–H groups in total. The van der Waals surface area contributed by atoms with Crippen molar-refractivity contribution in [3.63, 3.8) is 0 Å². The molecule has 0 atom stereocenters. The van der Waals surface area contributed by atoms with Gasteiger partial charge in [0.25, 0.3) is 0 Å². The molecule has 2 aromatic carbocycles. The van der Waals surface area contributed by atoms with E-state index >= 15 is 0 Å². The van der Waals surface area contributed by atoms with Crippen LogP contribution >= 0.6 is 0 Å². The number of nitrogens with one attached hydrogen (secondary N) is 3. The van der Waals surface area contributed by atoms with Crippen LogP contribution in [0.4, 0.5) is 5.69 Å². The van der Waals surface area contributed by atoms with Crippen molar-refractivity contribution in [3.05, 3.63) is 59.4 Å². The molecule has 0 aliphatic rings. The van der Waals surface area contributed by atoms with Gasteiger partial charge in [-0.15, -0.1) is 0 Å². The molecule has 0 radical (unpaired) electrons. The Kier molecular flexibility index (Phi) is 3.31. The van der Waals surface area contributed by atoms with Crippen LogP contribution in [0, 0.1) is 12.3 Å². The van der Waals surface area contributed by atoms with Crippen molar-refractivity contribution in [2.75, 3.05) is 5.32 Å². The first-order valence-electron chi connectivity index (χ1n) is 6.76. The zero-order chi connectivity index (χ0) is 14.8. The number of nitrogen functional groups attached to an aromatic ring is 1. The van der Waals surface area contributed by atoms with E-state index in [-0.39, 0.29) is 5.84 Å². The molecule has 1 aromatic heterocycles. The quantitative estimate of drug-likeness (QED) is 0.437. The third-order valence-electron chi connectivity index (χ3n) is 3.42. The van der Waals surface area contributed by atoms with E-state index in [0.29, 0.717) is 6.54 Å². The Morgan fingerprint density at radius 1 is 1.24 bits per heavy atom. The van der Waals surface area contributed by atoms with Gasteiger partial charge in [-0.05, 0) is 42.8 Å². The van der Waals surface area contributed by atoms with Gasteiger partial charge >= 0.3 is 0 Å². The molecule has 0 fully saturated rings. The van der Waals surface area contributed by atoms with Crippen LogP contribution < -0.4 is 11.1 Å². The lowest BCUT2D eigenvalue weighted by atomic mass is 10.2. The number of nitrogens with zero attached hydrogens (tertiary/aromatic N) is 1. The highest BCUT2D eigenvalue weighted by molar-refractivity contribution is 5.95. The minimum Gasteiger partial charge on any atom is -0.384 e. The Balaban J connectivity index is 1.74. The summed E-state index contributed by atoms with van der Waals surface area (Å²) in [5, 5.41) is 10.7. The number of amidine groups is 1. The van der Waals surface area contributed by atoms with Gasteiger partial charge < -0.3 is 16.0 Å². The van der Waals surface area contributed by atoms with Crippen molar-refractivity contribution in [2.45, 2.75) is 13.5 Å². The van der Waals surface area contributed by atoms with Crippen LogP contribution in [0.3, 0.4) is 0 Å². The minimum absolute atomic E-state index is 0.0781. The van der Waals surface area contributed by atoms with Gasteiger partial charge in [0.05, 0.1) is 17.6 Å². The topological polar surface area (TPSA) is 90.6 Å². The van der Waals surface area contributed by atoms with Crippen LogP contribution in [-0.4, -0.2) is 15.8 Å². The Morgan fingerprint density at radius 3 is 2.67 bits per heavy atom. The number of rotatable bonds is 4. The lowest BCUT2D eigenvalue weighted by Crippen LogP contribution is -2.10. The predicted octanol–water partition coefficient (Wildman–Crippen LogP) is 2.77. The van der Waals surface area contributed by atoms with E-state index < -0.39 is 0 Å². The Bertz CT molecular complexity index is 786. The fraction of sp³-hybridized carbons (Fsp3) is 0.125. The highest BCUT2D eigenvalue weighted by Crippen LogP contribution is 2.16. The van der Waals surface area contributed by atoms with Gasteiger partial charge in [0.1, 0.15) is 11.7 Å². The summed E-state index contributed by atoms with van der Waals surface area (Å²) in [6.07, 6.45) is 0. The lowest BCUT2D eigenvalue weighted by Gasteiger charge is -2.05. The SMILES string of the molecule is Cc1cccc2[nH]c(CNc3ccc(C(=N)N)cc3)nc12. The van der Waals surface area contributed by atoms with Crippen molar-refractivity contribution in [2.24, 2.45) is 5.73 Å². The largest absolute Gasteiger partial charge is 0.384 e. The smallest absolute Gasteiger partial charge is 0.126 e. The number of benzene rings is 2. The summed E-state index contributed by atoms with van der Waals surface area (Å²) in [5.74, 6) is 0.976. The third-order valence-corrected chi connectivity index (χ3v) is 3.42. The molecule has 1 heterocycles. The summed E-state index contributed by atoms with van der Waals surface area (Å²) in [4.78, 5) is 7.91. The standard InChI is InChI=1S/C16H17N5/c1-10-3-2-4-13-15(10)21-14(20-13)9-19-12-7-5-11(6-8-12)16(17)18/h2-8,19H,9H2,1H3,(H3,17,18)(H,20,21). The highest BCUT2D eigenvalue weighted by Gasteiger charge is 2.04. The fourth-order valence-electron chi connectivity index (χ4n) is 2.26. The number of hydrogen-bond donors (Lipinski definition) is 4. The number of aromatic amines is 1. The molecule has 0 spiro atoms. The molecule has 3 rings (SSSR count). The van der Waals surface area contributed by atoms with Crippen LogP contribution in [0.2, 0.25) is 0 Å². The summed E-state index contributed by atoms with van der Waals surface area (Å²) in [7, 11) is 0. The minimum atomic E-state index is 0.0781. The van der Waals surface area contributed by atoms with E-state index in [1.807, 2.05) is 36.4 Å². The summed E-state index contributed by atoms with van der Waals surface area (Å²) >= 11 is 0. The van der Waals surface area contributed by atoms with Crippen molar-refractivity contribution in [1.29, 1.82) is 5.41 Å². The average molecular weight is 279 g/mol. The maximum Gasteiger partial charge on any atom is 0.126 e. The van der Waals surface area contributed by atoms with Crippen LogP contribution in [0.25, 0.3) is 11.0 Å². The Hall–Kier alpha value is -2.82. The molecule has 106 valence electrons. The molecule has 3 aromatic rings. The lowest BCUT2D eigenvalue weighted by molar-refractivity contribution is 1.01. The van der Waals surface area contributed by atoms with E-state index in [2.05, 4.69) is 28.3 Å². The number of aryl methyl sites for hydroxylation is 1. The molecule has 0 amide bonds. The average Bonchev–Trinajstić information content (AvgIpc) is 2.90. The van der Waals surface area contributed by atoms with E-state index in [9.17, 15) is 0 Å². The molecule has 0 bridgehead atoms. The number of aromatic nitrogens is 2. The molecule has 21 heavy (non-hydrogen) atoms. The monoisotopic (exact) mass is 279 g/mol. The Morgan fingerprint density at radius 2 is 2.00 bits per heavy atom. The molecule has 5 nitrogen and oxygen atoms in total. The number of anilines is 1. The molecular formula is C16H17N5. The number of hydrogen-bond acceptors (Lipinski definition) is 3. The predicted molar refractivity (Wildman–Crippen MR) is 85.6 cm³/mol. The number of H-pyrrole nitrogens is 1.